The fraction of sp³-hybridized carbons (Fsp3) is 0.167. The van der Waals surface area contributed by atoms with E-state index in [4.69, 9.17) is 9.47 Å². The first-order valence-corrected chi connectivity index (χ1v) is 8.01. The van der Waals surface area contributed by atoms with Crippen LogP contribution in [0.15, 0.2) is 42.5 Å². The largest absolute Gasteiger partial charge is 0.482 e. The van der Waals surface area contributed by atoms with Crippen molar-refractivity contribution in [1.29, 1.82) is 0 Å². The van der Waals surface area contributed by atoms with Gasteiger partial charge in [-0.05, 0) is 49.4 Å². The molecule has 140 valence electrons. The molecule has 1 atom stereocenters. The zero-order valence-corrected chi connectivity index (χ0v) is 14.2. The SMILES string of the molecule is CC(Oc1ccc(F)cc1)C(=O)NNC(=O)c1ccc2c(c1)OCC(=O)N2. The van der Waals surface area contributed by atoms with Crippen LogP contribution in [0.4, 0.5) is 10.1 Å². The van der Waals surface area contributed by atoms with Gasteiger partial charge in [-0.25, -0.2) is 4.39 Å². The topological polar surface area (TPSA) is 106 Å². The standard InChI is InChI=1S/C18H16FN3O5/c1-10(27-13-5-3-12(19)4-6-13)17(24)21-22-18(25)11-2-7-14-15(8-11)26-9-16(23)20-14/h2-8,10H,9H2,1H3,(H,20,23)(H,21,24)(H,22,25). The lowest BCUT2D eigenvalue weighted by atomic mass is 10.1. The fourth-order valence-corrected chi connectivity index (χ4v) is 2.28. The molecule has 0 spiro atoms. The van der Waals surface area contributed by atoms with E-state index in [1.807, 2.05) is 0 Å². The fourth-order valence-electron chi connectivity index (χ4n) is 2.28. The summed E-state index contributed by atoms with van der Waals surface area (Å²) in [5, 5.41) is 2.61. The van der Waals surface area contributed by atoms with Crippen molar-refractivity contribution in [2.45, 2.75) is 13.0 Å². The van der Waals surface area contributed by atoms with Gasteiger partial charge < -0.3 is 14.8 Å². The van der Waals surface area contributed by atoms with Crippen molar-refractivity contribution in [2.24, 2.45) is 0 Å². The highest BCUT2D eigenvalue weighted by Crippen LogP contribution is 2.28. The molecule has 0 radical (unpaired) electrons. The summed E-state index contributed by atoms with van der Waals surface area (Å²) in [5.74, 6) is -1.17. The highest BCUT2D eigenvalue weighted by Gasteiger charge is 2.19. The summed E-state index contributed by atoms with van der Waals surface area (Å²) >= 11 is 0. The molecule has 9 heteroatoms. The molecule has 27 heavy (non-hydrogen) atoms. The highest BCUT2D eigenvalue weighted by molar-refractivity contribution is 5.99. The van der Waals surface area contributed by atoms with Crippen LogP contribution in [0, 0.1) is 5.82 Å². The van der Waals surface area contributed by atoms with Gasteiger partial charge in [0.25, 0.3) is 17.7 Å². The van der Waals surface area contributed by atoms with Crippen LogP contribution in [-0.4, -0.2) is 30.4 Å². The molecule has 0 aliphatic carbocycles. The summed E-state index contributed by atoms with van der Waals surface area (Å²) in [6, 6.07) is 9.67. The molecule has 1 aliphatic rings. The number of carbonyl (C=O) groups excluding carboxylic acids is 3. The van der Waals surface area contributed by atoms with Crippen molar-refractivity contribution in [3.05, 3.63) is 53.8 Å². The van der Waals surface area contributed by atoms with Crippen molar-refractivity contribution in [2.75, 3.05) is 11.9 Å². The Labute approximate surface area is 153 Å². The molecule has 3 N–H and O–H groups in total. The number of halogens is 1. The van der Waals surface area contributed by atoms with E-state index in [2.05, 4.69) is 16.2 Å². The number of benzene rings is 2. The number of hydrazine groups is 1. The normalized spacial score (nSPS) is 13.5. The minimum atomic E-state index is -0.919. The summed E-state index contributed by atoms with van der Waals surface area (Å²) in [6.07, 6.45) is -0.919. The van der Waals surface area contributed by atoms with Crippen LogP contribution in [0.25, 0.3) is 0 Å². The first kappa shape index (κ1) is 18.2. The number of nitrogens with one attached hydrogen (secondary N) is 3. The second-order valence-electron chi connectivity index (χ2n) is 5.71. The van der Waals surface area contributed by atoms with E-state index < -0.39 is 23.7 Å². The third-order valence-corrected chi connectivity index (χ3v) is 3.67. The number of anilines is 1. The Bertz CT molecular complexity index is 885. The van der Waals surface area contributed by atoms with Gasteiger partial charge in [-0.1, -0.05) is 0 Å². The maximum atomic E-state index is 12.9. The molecular weight excluding hydrogens is 357 g/mol. The summed E-state index contributed by atoms with van der Waals surface area (Å²) in [5.41, 5.74) is 5.22. The quantitative estimate of drug-likeness (QED) is 0.703. The molecule has 0 aromatic heterocycles. The van der Waals surface area contributed by atoms with Crippen LogP contribution in [0.5, 0.6) is 11.5 Å². The van der Waals surface area contributed by atoms with Crippen LogP contribution in [0.1, 0.15) is 17.3 Å². The van der Waals surface area contributed by atoms with Crippen molar-refractivity contribution in [1.82, 2.24) is 10.9 Å². The molecular formula is C18H16FN3O5. The minimum absolute atomic E-state index is 0.132. The van der Waals surface area contributed by atoms with Gasteiger partial charge in [-0.15, -0.1) is 0 Å². The van der Waals surface area contributed by atoms with Gasteiger partial charge in [0.15, 0.2) is 12.7 Å². The average molecular weight is 373 g/mol. The van der Waals surface area contributed by atoms with Crippen molar-refractivity contribution in [3.63, 3.8) is 0 Å². The van der Waals surface area contributed by atoms with Gasteiger partial charge in [-0.2, -0.15) is 0 Å². The number of rotatable bonds is 4. The molecule has 8 nitrogen and oxygen atoms in total. The van der Waals surface area contributed by atoms with E-state index in [0.717, 1.165) is 0 Å². The lowest BCUT2D eigenvalue weighted by Crippen LogP contribution is -2.47. The minimum Gasteiger partial charge on any atom is -0.482 e. The average Bonchev–Trinajstić information content (AvgIpc) is 2.67. The van der Waals surface area contributed by atoms with E-state index in [0.29, 0.717) is 17.2 Å². The van der Waals surface area contributed by atoms with Crippen LogP contribution in [-0.2, 0) is 9.59 Å². The van der Waals surface area contributed by atoms with Crippen LogP contribution >= 0.6 is 0 Å². The van der Waals surface area contributed by atoms with Gasteiger partial charge in [0.1, 0.15) is 17.3 Å². The predicted molar refractivity (Wildman–Crippen MR) is 92.7 cm³/mol. The maximum Gasteiger partial charge on any atom is 0.279 e. The number of hydrogen-bond acceptors (Lipinski definition) is 5. The third kappa shape index (κ3) is 4.51. The van der Waals surface area contributed by atoms with Gasteiger partial charge in [-0.3, -0.25) is 25.2 Å². The van der Waals surface area contributed by atoms with Gasteiger partial charge in [0, 0.05) is 5.56 Å². The smallest absolute Gasteiger partial charge is 0.279 e. The van der Waals surface area contributed by atoms with Crippen LogP contribution in [0.2, 0.25) is 0 Å². The number of hydrogen-bond donors (Lipinski definition) is 3. The number of fused-ring (bicyclic) bond motifs is 1. The number of carbonyl (C=O) groups is 3. The molecule has 0 fully saturated rings. The molecule has 1 aliphatic heterocycles. The van der Waals surface area contributed by atoms with Gasteiger partial charge in [0.05, 0.1) is 5.69 Å². The zero-order valence-electron chi connectivity index (χ0n) is 14.2. The highest BCUT2D eigenvalue weighted by atomic mass is 19.1. The Kier molecular flexibility index (Phi) is 5.20. The van der Waals surface area contributed by atoms with Crippen LogP contribution in [0.3, 0.4) is 0 Å². The molecule has 0 saturated carbocycles. The number of amides is 3. The summed E-state index contributed by atoms with van der Waals surface area (Å²) in [4.78, 5) is 35.4. The molecule has 3 amide bonds. The zero-order chi connectivity index (χ0) is 19.4. The Morgan fingerprint density at radius 3 is 2.67 bits per heavy atom. The van der Waals surface area contributed by atoms with E-state index in [9.17, 15) is 18.8 Å². The van der Waals surface area contributed by atoms with Crippen molar-refractivity contribution in [3.8, 4) is 11.5 Å². The lowest BCUT2D eigenvalue weighted by molar-refractivity contribution is -0.128. The second-order valence-corrected chi connectivity index (χ2v) is 5.71. The monoisotopic (exact) mass is 373 g/mol. The van der Waals surface area contributed by atoms with Gasteiger partial charge in [0.2, 0.25) is 0 Å². The first-order valence-electron chi connectivity index (χ1n) is 8.01. The molecule has 0 saturated heterocycles. The van der Waals surface area contributed by atoms with Crippen molar-refractivity contribution >= 4 is 23.4 Å². The molecule has 1 heterocycles. The lowest BCUT2D eigenvalue weighted by Gasteiger charge is -2.18. The Balaban J connectivity index is 1.54. The maximum absolute atomic E-state index is 12.9. The van der Waals surface area contributed by atoms with E-state index >= 15 is 0 Å². The van der Waals surface area contributed by atoms with E-state index in [1.165, 1.54) is 49.4 Å². The Hall–Kier alpha value is -3.62. The molecule has 0 bridgehead atoms. The Morgan fingerprint density at radius 2 is 1.93 bits per heavy atom. The molecule has 2 aromatic rings. The third-order valence-electron chi connectivity index (χ3n) is 3.67. The molecule has 3 rings (SSSR count). The number of ether oxygens (including phenoxy) is 2. The summed E-state index contributed by atoms with van der Waals surface area (Å²) < 4.78 is 23.5. The predicted octanol–water partition coefficient (Wildman–Crippen LogP) is 1.39. The summed E-state index contributed by atoms with van der Waals surface area (Å²) in [6.45, 7) is 1.35. The van der Waals surface area contributed by atoms with Crippen LogP contribution < -0.4 is 25.6 Å². The molecule has 2 aromatic carbocycles. The Morgan fingerprint density at radius 1 is 1.19 bits per heavy atom. The summed E-state index contributed by atoms with van der Waals surface area (Å²) in [7, 11) is 0. The molecule has 1 unspecified atom stereocenters. The van der Waals surface area contributed by atoms with Crippen molar-refractivity contribution < 1.29 is 28.2 Å². The van der Waals surface area contributed by atoms with E-state index in [1.54, 1.807) is 0 Å². The van der Waals surface area contributed by atoms with Gasteiger partial charge >= 0.3 is 0 Å². The van der Waals surface area contributed by atoms with E-state index in [-0.39, 0.29) is 18.1 Å². The first-order chi connectivity index (χ1) is 12.9. The second kappa shape index (κ2) is 7.73.